The van der Waals surface area contributed by atoms with Gasteiger partial charge in [-0.25, -0.2) is 8.42 Å². The molecule has 1 aromatic rings. The summed E-state index contributed by atoms with van der Waals surface area (Å²) in [6, 6.07) is 8.10. The monoisotopic (exact) mass is 295 g/mol. The van der Waals surface area contributed by atoms with E-state index in [9.17, 15) is 8.42 Å². The number of rotatable bonds is 3. The molecule has 1 aromatic carbocycles. The van der Waals surface area contributed by atoms with Crippen molar-refractivity contribution in [1.82, 2.24) is 4.90 Å². The minimum absolute atomic E-state index is 0.202. The Balaban J connectivity index is 1.71. The molecule has 0 bridgehead atoms. The van der Waals surface area contributed by atoms with Gasteiger partial charge >= 0.3 is 0 Å². The van der Waals surface area contributed by atoms with E-state index in [0.717, 1.165) is 45.1 Å². The van der Waals surface area contributed by atoms with Crippen LogP contribution in [0.25, 0.3) is 0 Å². The first-order valence-corrected chi connectivity index (χ1v) is 8.60. The molecule has 0 aromatic heterocycles. The maximum Gasteiger partial charge on any atom is 0.182 e. The van der Waals surface area contributed by atoms with Crippen LogP contribution in [-0.2, 0) is 14.6 Å². The smallest absolute Gasteiger partial charge is 0.182 e. The first-order chi connectivity index (χ1) is 9.67. The van der Waals surface area contributed by atoms with Crippen LogP contribution in [-0.4, -0.2) is 65.0 Å². The molecule has 0 spiro atoms. The van der Waals surface area contributed by atoms with E-state index in [1.54, 1.807) is 18.2 Å². The summed E-state index contributed by atoms with van der Waals surface area (Å²) in [6.45, 7) is 5.85. The van der Waals surface area contributed by atoms with Crippen LogP contribution in [0.15, 0.2) is 23.1 Å². The summed E-state index contributed by atoms with van der Waals surface area (Å²) in [7, 11) is -3.11. The second kappa shape index (κ2) is 5.71. The van der Waals surface area contributed by atoms with Crippen molar-refractivity contribution in [2.75, 3.05) is 56.6 Å². The van der Waals surface area contributed by atoms with Crippen molar-refractivity contribution in [2.24, 2.45) is 0 Å². The van der Waals surface area contributed by atoms with Gasteiger partial charge in [0.25, 0.3) is 0 Å². The molecular formula is C14H19N2O3S. The Bertz CT molecular complexity index is 568. The van der Waals surface area contributed by atoms with Gasteiger partial charge in [-0.15, -0.1) is 0 Å². The van der Waals surface area contributed by atoms with Gasteiger partial charge in [0.15, 0.2) is 9.84 Å². The molecule has 1 radical (unpaired) electrons. The Labute approximate surface area is 120 Å². The zero-order chi connectivity index (χ0) is 14.0. The molecule has 1 fully saturated rings. The lowest BCUT2D eigenvalue weighted by Crippen LogP contribution is -2.44. The largest absolute Gasteiger partial charge is 0.379 e. The Kier molecular flexibility index (Phi) is 3.96. The molecule has 109 valence electrons. The molecule has 0 atom stereocenters. The van der Waals surface area contributed by atoms with Gasteiger partial charge < -0.3 is 9.64 Å². The predicted molar refractivity (Wildman–Crippen MR) is 76.8 cm³/mol. The molecule has 2 aliphatic rings. The van der Waals surface area contributed by atoms with Crippen molar-refractivity contribution < 1.29 is 13.2 Å². The number of benzene rings is 1. The fourth-order valence-corrected chi connectivity index (χ4v) is 4.16. The van der Waals surface area contributed by atoms with E-state index in [2.05, 4.69) is 15.9 Å². The Hall–Kier alpha value is -1.11. The molecule has 2 heterocycles. The van der Waals surface area contributed by atoms with Gasteiger partial charge in [-0.1, -0.05) is 6.07 Å². The quantitative estimate of drug-likeness (QED) is 0.808. The molecule has 6 heteroatoms. The summed E-state index contributed by atoms with van der Waals surface area (Å²) in [5.41, 5.74) is 0.798. The molecular weight excluding hydrogens is 276 g/mol. The van der Waals surface area contributed by atoms with E-state index in [4.69, 9.17) is 4.74 Å². The summed E-state index contributed by atoms with van der Waals surface area (Å²) in [6.07, 6.45) is 0. The normalized spacial score (nSPS) is 22.5. The Morgan fingerprint density at radius 1 is 1.20 bits per heavy atom. The highest BCUT2D eigenvalue weighted by Gasteiger charge is 2.28. The molecule has 3 rings (SSSR count). The van der Waals surface area contributed by atoms with Crippen LogP contribution < -0.4 is 4.90 Å². The van der Waals surface area contributed by atoms with Gasteiger partial charge in [-0.2, -0.15) is 0 Å². The van der Waals surface area contributed by atoms with Crippen molar-refractivity contribution in [3.63, 3.8) is 0 Å². The molecule has 0 amide bonds. The average molecular weight is 295 g/mol. The van der Waals surface area contributed by atoms with Gasteiger partial charge in [0.2, 0.25) is 0 Å². The van der Waals surface area contributed by atoms with Gasteiger partial charge in [0.1, 0.15) is 0 Å². The van der Waals surface area contributed by atoms with E-state index in [1.807, 2.05) is 0 Å². The lowest BCUT2D eigenvalue weighted by atomic mass is 10.2. The number of sulfone groups is 1. The fraction of sp³-hybridized carbons (Fsp3) is 0.571. The van der Waals surface area contributed by atoms with Crippen LogP contribution in [0.2, 0.25) is 0 Å². The Morgan fingerprint density at radius 2 is 2.00 bits per heavy atom. The maximum atomic E-state index is 12.1. The third kappa shape index (κ3) is 2.82. The van der Waals surface area contributed by atoms with Crippen molar-refractivity contribution >= 4 is 15.5 Å². The molecule has 20 heavy (non-hydrogen) atoms. The van der Waals surface area contributed by atoms with E-state index in [-0.39, 0.29) is 5.75 Å². The van der Waals surface area contributed by atoms with Crippen LogP contribution in [0.4, 0.5) is 5.69 Å². The molecule has 1 saturated heterocycles. The van der Waals surface area contributed by atoms with Gasteiger partial charge in [0.05, 0.1) is 29.5 Å². The SMILES string of the molecule is O=S1(=O)CCN(CCN2CCOCC2)c2c[c]ccc21. The van der Waals surface area contributed by atoms with E-state index >= 15 is 0 Å². The van der Waals surface area contributed by atoms with Crippen molar-refractivity contribution in [3.8, 4) is 0 Å². The van der Waals surface area contributed by atoms with Gasteiger partial charge in [-0.05, 0) is 18.2 Å². The third-order valence-electron chi connectivity index (χ3n) is 3.90. The lowest BCUT2D eigenvalue weighted by molar-refractivity contribution is 0.0392. The molecule has 0 aliphatic carbocycles. The summed E-state index contributed by atoms with van der Waals surface area (Å²) in [4.78, 5) is 4.96. The zero-order valence-electron chi connectivity index (χ0n) is 11.4. The highest BCUT2D eigenvalue weighted by atomic mass is 32.2. The third-order valence-corrected chi connectivity index (χ3v) is 5.63. The molecule has 2 aliphatic heterocycles. The minimum atomic E-state index is -3.11. The summed E-state index contributed by atoms with van der Waals surface area (Å²) in [5.74, 6) is 0.202. The number of fused-ring (bicyclic) bond motifs is 1. The van der Waals surface area contributed by atoms with Crippen LogP contribution in [0.1, 0.15) is 0 Å². The number of morpholine rings is 1. The van der Waals surface area contributed by atoms with Crippen LogP contribution in [0.5, 0.6) is 0 Å². The number of ether oxygens (including phenoxy) is 1. The fourth-order valence-electron chi connectivity index (χ4n) is 2.70. The number of hydrogen-bond donors (Lipinski definition) is 0. The average Bonchev–Trinajstić information content (AvgIpc) is 2.48. The second-order valence-electron chi connectivity index (χ2n) is 5.15. The highest BCUT2D eigenvalue weighted by molar-refractivity contribution is 7.91. The first-order valence-electron chi connectivity index (χ1n) is 6.95. The van der Waals surface area contributed by atoms with Crippen molar-refractivity contribution in [1.29, 1.82) is 0 Å². The standard InChI is InChI=1S/C14H19N2O3S/c17-20(18)12-9-16(13-3-1-2-4-14(13)20)6-5-15-7-10-19-11-8-15/h2-4H,5-12H2. The number of anilines is 1. The summed E-state index contributed by atoms with van der Waals surface area (Å²) < 4.78 is 29.4. The summed E-state index contributed by atoms with van der Waals surface area (Å²) >= 11 is 0. The summed E-state index contributed by atoms with van der Waals surface area (Å²) in [5, 5.41) is 0. The van der Waals surface area contributed by atoms with Crippen LogP contribution in [0, 0.1) is 6.07 Å². The highest BCUT2D eigenvalue weighted by Crippen LogP contribution is 2.29. The zero-order valence-corrected chi connectivity index (χ0v) is 12.2. The number of hydrogen-bond acceptors (Lipinski definition) is 5. The van der Waals surface area contributed by atoms with Gasteiger partial charge in [0, 0.05) is 32.7 Å². The lowest BCUT2D eigenvalue weighted by Gasteiger charge is -2.34. The van der Waals surface area contributed by atoms with Crippen LogP contribution in [0.3, 0.4) is 0 Å². The first kappa shape index (κ1) is 13.9. The van der Waals surface area contributed by atoms with E-state index in [0.29, 0.717) is 11.4 Å². The van der Waals surface area contributed by atoms with Gasteiger partial charge in [-0.3, -0.25) is 4.90 Å². The minimum Gasteiger partial charge on any atom is -0.379 e. The topological polar surface area (TPSA) is 49.9 Å². The number of nitrogens with zero attached hydrogens (tertiary/aromatic N) is 2. The molecule has 0 saturated carbocycles. The molecule has 0 N–H and O–H groups in total. The predicted octanol–water partition coefficient (Wildman–Crippen LogP) is 0.413. The maximum absolute atomic E-state index is 12.1. The second-order valence-corrected chi connectivity index (χ2v) is 7.23. The Morgan fingerprint density at radius 3 is 2.80 bits per heavy atom. The van der Waals surface area contributed by atoms with Crippen molar-refractivity contribution in [3.05, 3.63) is 24.3 Å². The van der Waals surface area contributed by atoms with Crippen LogP contribution >= 0.6 is 0 Å². The van der Waals surface area contributed by atoms with E-state index < -0.39 is 9.84 Å². The molecule has 0 unspecified atom stereocenters. The molecule has 5 nitrogen and oxygen atoms in total. The van der Waals surface area contributed by atoms with Crippen molar-refractivity contribution in [2.45, 2.75) is 4.90 Å². The van der Waals surface area contributed by atoms with E-state index in [1.165, 1.54) is 0 Å².